The van der Waals surface area contributed by atoms with Gasteiger partial charge >= 0.3 is 0 Å². The number of carbonyl (C=O) groups excluding carboxylic acids is 1. The summed E-state index contributed by atoms with van der Waals surface area (Å²) >= 11 is 0. The van der Waals surface area contributed by atoms with Crippen molar-refractivity contribution in [1.29, 1.82) is 0 Å². The Morgan fingerprint density at radius 3 is 2.36 bits per heavy atom. The van der Waals surface area contributed by atoms with Crippen LogP contribution >= 0.6 is 0 Å². The van der Waals surface area contributed by atoms with Crippen molar-refractivity contribution < 1.29 is 4.79 Å². The smallest absolute Gasteiger partial charge is 0.130 e. The van der Waals surface area contributed by atoms with Gasteiger partial charge < -0.3 is 4.79 Å². The first-order chi connectivity index (χ1) is 10.8. The lowest BCUT2D eigenvalue weighted by molar-refractivity contribution is -0.113. The number of hydrogen-bond acceptors (Lipinski definition) is 1. The molecule has 0 spiro atoms. The Hall–Kier alpha value is -1.89. The van der Waals surface area contributed by atoms with Gasteiger partial charge in [-0.15, -0.1) is 0 Å². The second-order valence-corrected chi connectivity index (χ2v) is 6.43. The molecule has 0 aromatic heterocycles. The van der Waals surface area contributed by atoms with Crippen LogP contribution in [0, 0.1) is 0 Å². The average molecular weight is 292 g/mol. The van der Waals surface area contributed by atoms with Crippen LogP contribution in [0.4, 0.5) is 0 Å². The number of rotatable bonds is 4. The molecule has 0 atom stereocenters. The van der Waals surface area contributed by atoms with E-state index in [1.165, 1.54) is 35.0 Å². The van der Waals surface area contributed by atoms with E-state index in [1.54, 1.807) is 0 Å². The molecule has 0 unspecified atom stereocenters. The molecule has 1 fully saturated rings. The fraction of sp³-hybridized carbons (Fsp3) is 0.381. The molecule has 0 heterocycles. The SMILES string of the molecule is CCc1ccc(-c2ccccc2)c(C2(C=O)CCCCC2)c1. The van der Waals surface area contributed by atoms with Crippen LogP contribution in [0.3, 0.4) is 0 Å². The highest BCUT2D eigenvalue weighted by atomic mass is 16.1. The summed E-state index contributed by atoms with van der Waals surface area (Å²) in [6, 6.07) is 17.2. The van der Waals surface area contributed by atoms with E-state index >= 15 is 0 Å². The van der Waals surface area contributed by atoms with Gasteiger partial charge in [-0.25, -0.2) is 0 Å². The van der Waals surface area contributed by atoms with E-state index in [-0.39, 0.29) is 5.41 Å². The highest BCUT2D eigenvalue weighted by molar-refractivity contribution is 5.78. The van der Waals surface area contributed by atoms with E-state index in [4.69, 9.17) is 0 Å². The van der Waals surface area contributed by atoms with E-state index < -0.39 is 0 Å². The summed E-state index contributed by atoms with van der Waals surface area (Å²) in [6.07, 6.45) is 7.79. The third-order valence-corrected chi connectivity index (χ3v) is 5.08. The van der Waals surface area contributed by atoms with Gasteiger partial charge in [-0.05, 0) is 41.5 Å². The quantitative estimate of drug-likeness (QED) is 0.697. The van der Waals surface area contributed by atoms with Crippen LogP contribution in [0.1, 0.15) is 50.2 Å². The fourth-order valence-electron chi connectivity index (χ4n) is 3.73. The Morgan fingerprint density at radius 1 is 1.00 bits per heavy atom. The monoisotopic (exact) mass is 292 g/mol. The molecule has 2 aromatic rings. The predicted molar refractivity (Wildman–Crippen MR) is 92.1 cm³/mol. The van der Waals surface area contributed by atoms with Crippen molar-refractivity contribution in [2.45, 2.75) is 50.9 Å². The first-order valence-corrected chi connectivity index (χ1v) is 8.44. The molecule has 1 nitrogen and oxygen atoms in total. The van der Waals surface area contributed by atoms with E-state index in [2.05, 4.69) is 49.4 Å². The van der Waals surface area contributed by atoms with Crippen LogP contribution in [0.15, 0.2) is 48.5 Å². The molecule has 0 bridgehead atoms. The average Bonchev–Trinajstić information content (AvgIpc) is 2.62. The summed E-state index contributed by atoms with van der Waals surface area (Å²) in [5.74, 6) is 0. The molecule has 1 saturated carbocycles. The highest BCUT2D eigenvalue weighted by Gasteiger charge is 2.35. The lowest BCUT2D eigenvalue weighted by Crippen LogP contribution is -2.31. The summed E-state index contributed by atoms with van der Waals surface area (Å²) < 4.78 is 0. The van der Waals surface area contributed by atoms with Gasteiger partial charge in [0.2, 0.25) is 0 Å². The summed E-state index contributed by atoms with van der Waals surface area (Å²) in [7, 11) is 0. The van der Waals surface area contributed by atoms with Crippen LogP contribution in [-0.2, 0) is 16.6 Å². The molecule has 1 heteroatoms. The Morgan fingerprint density at radius 2 is 1.73 bits per heavy atom. The Bertz CT molecular complexity index is 636. The van der Waals surface area contributed by atoms with Crippen LogP contribution in [0.25, 0.3) is 11.1 Å². The zero-order valence-corrected chi connectivity index (χ0v) is 13.3. The molecule has 0 aliphatic heterocycles. The van der Waals surface area contributed by atoms with E-state index in [1.807, 2.05) is 6.07 Å². The Kier molecular flexibility index (Phi) is 4.42. The third kappa shape index (κ3) is 2.72. The molecule has 0 saturated heterocycles. The first-order valence-electron chi connectivity index (χ1n) is 8.44. The molecule has 114 valence electrons. The van der Waals surface area contributed by atoms with Crippen molar-refractivity contribution in [3.8, 4) is 11.1 Å². The molecule has 3 rings (SSSR count). The Labute approximate surface area is 133 Å². The molecule has 0 N–H and O–H groups in total. The largest absolute Gasteiger partial charge is 0.302 e. The summed E-state index contributed by atoms with van der Waals surface area (Å²) in [4.78, 5) is 12.1. The third-order valence-electron chi connectivity index (χ3n) is 5.08. The maximum Gasteiger partial charge on any atom is 0.130 e. The van der Waals surface area contributed by atoms with Gasteiger partial charge in [0.25, 0.3) is 0 Å². The fourth-order valence-corrected chi connectivity index (χ4v) is 3.73. The van der Waals surface area contributed by atoms with Gasteiger partial charge in [0.15, 0.2) is 0 Å². The van der Waals surface area contributed by atoms with E-state index in [0.29, 0.717) is 0 Å². The molecular formula is C21H24O. The minimum Gasteiger partial charge on any atom is -0.302 e. The predicted octanol–water partition coefficient (Wildman–Crippen LogP) is 5.32. The summed E-state index contributed by atoms with van der Waals surface area (Å²) in [5.41, 5.74) is 4.72. The van der Waals surface area contributed by atoms with Crippen LogP contribution in [-0.4, -0.2) is 6.29 Å². The Balaban J connectivity index is 2.17. The number of carbonyl (C=O) groups is 1. The van der Waals surface area contributed by atoms with Gasteiger partial charge in [-0.3, -0.25) is 0 Å². The normalized spacial score (nSPS) is 17.1. The van der Waals surface area contributed by atoms with E-state index in [0.717, 1.165) is 32.1 Å². The van der Waals surface area contributed by atoms with Crippen molar-refractivity contribution >= 4 is 6.29 Å². The topological polar surface area (TPSA) is 17.1 Å². The van der Waals surface area contributed by atoms with Crippen molar-refractivity contribution in [3.05, 3.63) is 59.7 Å². The molecule has 2 aromatic carbocycles. The summed E-state index contributed by atoms with van der Waals surface area (Å²) in [5, 5.41) is 0. The minimum atomic E-state index is -0.283. The highest BCUT2D eigenvalue weighted by Crippen LogP contribution is 2.42. The minimum absolute atomic E-state index is 0.283. The second kappa shape index (κ2) is 6.48. The van der Waals surface area contributed by atoms with Crippen molar-refractivity contribution in [1.82, 2.24) is 0 Å². The zero-order valence-electron chi connectivity index (χ0n) is 13.3. The van der Waals surface area contributed by atoms with Crippen LogP contribution < -0.4 is 0 Å². The van der Waals surface area contributed by atoms with Crippen molar-refractivity contribution in [2.75, 3.05) is 0 Å². The molecule has 0 amide bonds. The standard InChI is InChI=1S/C21H24O/c1-2-17-11-12-19(18-9-5-3-6-10-18)20(15-17)21(16-22)13-7-4-8-14-21/h3,5-6,9-12,15-16H,2,4,7-8,13-14H2,1H3. The zero-order chi connectivity index (χ0) is 15.4. The van der Waals surface area contributed by atoms with Crippen LogP contribution in [0.5, 0.6) is 0 Å². The molecule has 22 heavy (non-hydrogen) atoms. The van der Waals surface area contributed by atoms with Crippen molar-refractivity contribution in [2.24, 2.45) is 0 Å². The van der Waals surface area contributed by atoms with Gasteiger partial charge in [0.05, 0.1) is 5.41 Å². The number of aldehydes is 1. The van der Waals surface area contributed by atoms with Gasteiger partial charge in [0, 0.05) is 0 Å². The second-order valence-electron chi connectivity index (χ2n) is 6.43. The van der Waals surface area contributed by atoms with Gasteiger partial charge in [0.1, 0.15) is 6.29 Å². The molecule has 0 radical (unpaired) electrons. The lowest BCUT2D eigenvalue weighted by atomic mass is 9.68. The lowest BCUT2D eigenvalue weighted by Gasteiger charge is -2.34. The van der Waals surface area contributed by atoms with Crippen LogP contribution in [0.2, 0.25) is 0 Å². The molecular weight excluding hydrogens is 268 g/mol. The van der Waals surface area contributed by atoms with Gasteiger partial charge in [-0.1, -0.05) is 74.7 Å². The van der Waals surface area contributed by atoms with Crippen molar-refractivity contribution in [3.63, 3.8) is 0 Å². The maximum atomic E-state index is 12.1. The van der Waals surface area contributed by atoms with Gasteiger partial charge in [-0.2, -0.15) is 0 Å². The summed E-state index contributed by atoms with van der Waals surface area (Å²) in [6.45, 7) is 2.18. The first kappa shape index (κ1) is 15.0. The maximum absolute atomic E-state index is 12.1. The number of benzene rings is 2. The molecule has 1 aliphatic carbocycles. The molecule has 1 aliphatic rings. The number of hydrogen-bond donors (Lipinski definition) is 0. The number of aryl methyl sites for hydroxylation is 1. The van der Waals surface area contributed by atoms with E-state index in [9.17, 15) is 4.79 Å².